The third-order valence-electron chi connectivity index (χ3n) is 4.37. The number of halogens is 1. The van der Waals surface area contributed by atoms with Crippen molar-refractivity contribution in [1.29, 1.82) is 0 Å². The number of hydrogen-bond acceptors (Lipinski definition) is 3. The fourth-order valence-corrected chi connectivity index (χ4v) is 2.95. The smallest absolute Gasteiger partial charge is 0.410 e. The topological polar surface area (TPSA) is 58.6 Å². The Morgan fingerprint density at radius 1 is 1.12 bits per heavy atom. The van der Waals surface area contributed by atoms with Gasteiger partial charge in [-0.15, -0.1) is 0 Å². The molecule has 1 atom stereocenters. The average molecular weight is 356 g/mol. The predicted octanol–water partition coefficient (Wildman–Crippen LogP) is 3.81. The number of benzene rings is 2. The molecule has 1 aliphatic heterocycles. The van der Waals surface area contributed by atoms with Crippen LogP contribution in [0.1, 0.15) is 18.4 Å². The highest BCUT2D eigenvalue weighted by atomic mass is 19.1. The number of anilines is 1. The van der Waals surface area contributed by atoms with Crippen molar-refractivity contribution in [2.75, 3.05) is 18.4 Å². The summed E-state index contributed by atoms with van der Waals surface area (Å²) in [6.07, 6.45) is 1.03. The summed E-state index contributed by atoms with van der Waals surface area (Å²) < 4.78 is 18.3. The molecule has 1 aliphatic rings. The molecule has 136 valence electrons. The summed E-state index contributed by atoms with van der Waals surface area (Å²) in [7, 11) is 0. The van der Waals surface area contributed by atoms with E-state index in [1.54, 1.807) is 4.90 Å². The van der Waals surface area contributed by atoms with Crippen LogP contribution in [-0.4, -0.2) is 30.0 Å². The number of hydrogen-bond donors (Lipinski definition) is 1. The average Bonchev–Trinajstić information content (AvgIpc) is 2.69. The van der Waals surface area contributed by atoms with Crippen LogP contribution in [-0.2, 0) is 16.1 Å². The number of piperidine rings is 1. The van der Waals surface area contributed by atoms with E-state index in [-0.39, 0.29) is 24.2 Å². The summed E-state index contributed by atoms with van der Waals surface area (Å²) in [5.74, 6) is -0.830. The molecular weight excluding hydrogens is 335 g/mol. The second-order valence-electron chi connectivity index (χ2n) is 6.32. The van der Waals surface area contributed by atoms with E-state index in [1.807, 2.05) is 30.3 Å². The molecule has 3 rings (SSSR count). The van der Waals surface area contributed by atoms with Crippen LogP contribution in [0.4, 0.5) is 14.9 Å². The normalized spacial score (nSPS) is 16.8. The molecule has 2 aromatic rings. The number of carbonyl (C=O) groups is 2. The van der Waals surface area contributed by atoms with Gasteiger partial charge in [-0.2, -0.15) is 0 Å². The number of nitrogens with one attached hydrogen (secondary N) is 1. The van der Waals surface area contributed by atoms with Gasteiger partial charge >= 0.3 is 6.09 Å². The summed E-state index contributed by atoms with van der Waals surface area (Å²) in [5, 5.41) is 2.77. The Morgan fingerprint density at radius 2 is 1.85 bits per heavy atom. The van der Waals surface area contributed by atoms with Crippen molar-refractivity contribution >= 4 is 17.7 Å². The van der Waals surface area contributed by atoms with Gasteiger partial charge in [0.2, 0.25) is 5.91 Å². The molecule has 26 heavy (non-hydrogen) atoms. The Balaban J connectivity index is 1.52. The summed E-state index contributed by atoms with van der Waals surface area (Å²) in [4.78, 5) is 26.3. The minimum Gasteiger partial charge on any atom is -0.445 e. The van der Waals surface area contributed by atoms with E-state index in [4.69, 9.17) is 4.74 Å². The predicted molar refractivity (Wildman–Crippen MR) is 96.0 cm³/mol. The van der Waals surface area contributed by atoms with E-state index in [0.29, 0.717) is 25.2 Å². The second-order valence-corrected chi connectivity index (χ2v) is 6.32. The molecule has 2 amide bonds. The first kappa shape index (κ1) is 17.9. The Bertz CT molecular complexity index is 749. The Kier molecular flexibility index (Phi) is 5.84. The molecule has 1 saturated heterocycles. The van der Waals surface area contributed by atoms with Crippen molar-refractivity contribution in [3.8, 4) is 0 Å². The second kappa shape index (κ2) is 8.47. The molecule has 0 aromatic heterocycles. The fourth-order valence-electron chi connectivity index (χ4n) is 2.95. The summed E-state index contributed by atoms with van der Waals surface area (Å²) in [6.45, 7) is 1.11. The standard InChI is InChI=1S/C20H21FN2O3/c21-17-8-10-18(11-9-17)22-19(24)16-7-4-12-23(13-16)20(25)26-14-15-5-2-1-3-6-15/h1-3,5-6,8-11,16H,4,7,12-14H2,(H,22,24)/t16-/m0/s1. The first-order chi connectivity index (χ1) is 12.6. The van der Waals surface area contributed by atoms with Gasteiger partial charge in [-0.1, -0.05) is 30.3 Å². The van der Waals surface area contributed by atoms with Crippen LogP contribution in [0.3, 0.4) is 0 Å². The highest BCUT2D eigenvalue weighted by Gasteiger charge is 2.29. The highest BCUT2D eigenvalue weighted by Crippen LogP contribution is 2.20. The van der Waals surface area contributed by atoms with Crippen LogP contribution in [0.15, 0.2) is 54.6 Å². The van der Waals surface area contributed by atoms with E-state index in [1.165, 1.54) is 24.3 Å². The zero-order valence-electron chi connectivity index (χ0n) is 14.4. The van der Waals surface area contributed by atoms with Crippen LogP contribution >= 0.6 is 0 Å². The molecule has 0 radical (unpaired) electrons. The number of likely N-dealkylation sites (tertiary alicyclic amines) is 1. The third-order valence-corrected chi connectivity index (χ3v) is 4.37. The van der Waals surface area contributed by atoms with Gasteiger partial charge in [-0.05, 0) is 42.7 Å². The van der Waals surface area contributed by atoms with Gasteiger partial charge in [-0.25, -0.2) is 9.18 Å². The maximum absolute atomic E-state index is 12.9. The third kappa shape index (κ3) is 4.81. The number of rotatable bonds is 4. The molecular formula is C20H21FN2O3. The zero-order valence-corrected chi connectivity index (χ0v) is 14.4. The number of amides is 2. The maximum Gasteiger partial charge on any atom is 0.410 e. The van der Waals surface area contributed by atoms with Crippen molar-refractivity contribution in [1.82, 2.24) is 4.90 Å². The summed E-state index contributed by atoms with van der Waals surface area (Å²) >= 11 is 0. The van der Waals surface area contributed by atoms with Gasteiger partial charge in [0.05, 0.1) is 5.92 Å². The highest BCUT2D eigenvalue weighted by molar-refractivity contribution is 5.93. The molecule has 2 aromatic carbocycles. The summed E-state index contributed by atoms with van der Waals surface area (Å²) in [5.41, 5.74) is 1.46. The van der Waals surface area contributed by atoms with E-state index in [0.717, 1.165) is 12.0 Å². The van der Waals surface area contributed by atoms with Gasteiger partial charge in [0.15, 0.2) is 0 Å². The van der Waals surface area contributed by atoms with Gasteiger partial charge in [0, 0.05) is 18.8 Å². The Labute approximate surface area is 151 Å². The summed E-state index contributed by atoms with van der Waals surface area (Å²) in [6, 6.07) is 15.1. The Morgan fingerprint density at radius 3 is 2.58 bits per heavy atom. The van der Waals surface area contributed by atoms with Crippen molar-refractivity contribution in [3.63, 3.8) is 0 Å². The van der Waals surface area contributed by atoms with Crippen molar-refractivity contribution in [2.45, 2.75) is 19.4 Å². The molecule has 0 bridgehead atoms. The van der Waals surface area contributed by atoms with E-state index >= 15 is 0 Å². The minimum atomic E-state index is -0.409. The molecule has 5 nitrogen and oxygen atoms in total. The van der Waals surface area contributed by atoms with Crippen LogP contribution in [0.2, 0.25) is 0 Å². The molecule has 0 aliphatic carbocycles. The molecule has 0 saturated carbocycles. The molecule has 6 heteroatoms. The molecule has 1 N–H and O–H groups in total. The van der Waals surface area contributed by atoms with Gasteiger partial charge in [0.1, 0.15) is 12.4 Å². The first-order valence-corrected chi connectivity index (χ1v) is 8.64. The first-order valence-electron chi connectivity index (χ1n) is 8.64. The largest absolute Gasteiger partial charge is 0.445 e. The number of nitrogens with zero attached hydrogens (tertiary/aromatic N) is 1. The minimum absolute atomic E-state index is 0.169. The Hall–Kier alpha value is -2.89. The number of carbonyl (C=O) groups excluding carboxylic acids is 2. The maximum atomic E-state index is 12.9. The van der Waals surface area contributed by atoms with Gasteiger partial charge in [-0.3, -0.25) is 4.79 Å². The molecule has 1 heterocycles. The van der Waals surface area contributed by atoms with Crippen molar-refractivity contribution < 1.29 is 18.7 Å². The molecule has 0 spiro atoms. The van der Waals surface area contributed by atoms with E-state index in [9.17, 15) is 14.0 Å². The lowest BCUT2D eigenvalue weighted by molar-refractivity contribution is -0.121. The van der Waals surface area contributed by atoms with E-state index in [2.05, 4.69) is 5.32 Å². The fraction of sp³-hybridized carbons (Fsp3) is 0.300. The molecule has 0 unspecified atom stereocenters. The van der Waals surface area contributed by atoms with Crippen molar-refractivity contribution in [3.05, 3.63) is 66.0 Å². The monoisotopic (exact) mass is 356 g/mol. The van der Waals surface area contributed by atoms with Crippen LogP contribution in [0, 0.1) is 11.7 Å². The van der Waals surface area contributed by atoms with Crippen LogP contribution in [0.25, 0.3) is 0 Å². The number of ether oxygens (including phenoxy) is 1. The lowest BCUT2D eigenvalue weighted by Crippen LogP contribution is -2.44. The lowest BCUT2D eigenvalue weighted by atomic mass is 9.97. The SMILES string of the molecule is O=C(Nc1ccc(F)cc1)[C@H]1CCCN(C(=O)OCc2ccccc2)C1. The van der Waals surface area contributed by atoms with Crippen LogP contribution < -0.4 is 5.32 Å². The lowest BCUT2D eigenvalue weighted by Gasteiger charge is -2.31. The van der Waals surface area contributed by atoms with E-state index < -0.39 is 6.09 Å². The van der Waals surface area contributed by atoms with Crippen LogP contribution in [0.5, 0.6) is 0 Å². The quantitative estimate of drug-likeness (QED) is 0.906. The van der Waals surface area contributed by atoms with Gasteiger partial charge < -0.3 is 15.0 Å². The zero-order chi connectivity index (χ0) is 18.4. The van der Waals surface area contributed by atoms with Gasteiger partial charge in [0.25, 0.3) is 0 Å². The van der Waals surface area contributed by atoms with Crippen molar-refractivity contribution in [2.24, 2.45) is 5.92 Å². The molecule has 1 fully saturated rings.